The average molecular weight is 344 g/mol. The van der Waals surface area contributed by atoms with Gasteiger partial charge in [0, 0.05) is 39.3 Å². The Morgan fingerprint density at radius 1 is 1.24 bits per heavy atom. The first-order valence-corrected chi connectivity index (χ1v) is 8.83. The van der Waals surface area contributed by atoms with E-state index in [1.54, 1.807) is 31.2 Å². The fraction of sp³-hybridized carbons (Fsp3) is 0.579. The van der Waals surface area contributed by atoms with E-state index in [1.807, 2.05) is 0 Å². The van der Waals surface area contributed by atoms with Crippen LogP contribution in [-0.2, 0) is 4.79 Å². The van der Waals surface area contributed by atoms with Gasteiger partial charge in [0.25, 0.3) is 5.91 Å². The molecule has 2 unspecified atom stereocenters. The first kappa shape index (κ1) is 19.2. The van der Waals surface area contributed by atoms with Crippen LogP contribution in [-0.4, -0.2) is 68.1 Å². The highest BCUT2D eigenvalue weighted by atomic mass is 16.5. The van der Waals surface area contributed by atoms with Crippen LogP contribution in [0.3, 0.4) is 0 Å². The van der Waals surface area contributed by atoms with Crippen molar-refractivity contribution in [1.29, 1.82) is 5.26 Å². The minimum Gasteiger partial charge on any atom is -0.481 e. The van der Waals surface area contributed by atoms with Crippen LogP contribution < -0.4 is 10.1 Å². The Morgan fingerprint density at radius 2 is 1.88 bits per heavy atom. The number of carbonyl (C=O) groups excluding carboxylic acids is 1. The number of nitriles is 1. The molecule has 25 heavy (non-hydrogen) atoms. The van der Waals surface area contributed by atoms with Crippen LogP contribution in [0.5, 0.6) is 5.75 Å². The third kappa shape index (κ3) is 6.37. The van der Waals surface area contributed by atoms with Gasteiger partial charge in [0.15, 0.2) is 6.10 Å². The topological polar surface area (TPSA) is 68.6 Å². The molecule has 136 valence electrons. The lowest BCUT2D eigenvalue weighted by atomic mass is 10.1. The van der Waals surface area contributed by atoms with E-state index >= 15 is 0 Å². The summed E-state index contributed by atoms with van der Waals surface area (Å²) >= 11 is 0. The Labute approximate surface area is 150 Å². The molecule has 1 saturated heterocycles. The molecule has 6 nitrogen and oxygen atoms in total. The standard InChI is InChI=1S/C19H28N4O2/c1-15(14-23-10-8-22(3)9-11-23)13-21-19(24)16(2)25-18-6-4-17(12-20)5-7-18/h4-7,15-16H,8-11,13-14H2,1-3H3,(H,21,24). The summed E-state index contributed by atoms with van der Waals surface area (Å²) in [6.07, 6.45) is -0.566. The number of hydrogen-bond donors (Lipinski definition) is 1. The summed E-state index contributed by atoms with van der Waals surface area (Å²) in [5.74, 6) is 0.871. The van der Waals surface area contributed by atoms with E-state index in [2.05, 4.69) is 35.2 Å². The molecule has 1 amide bonds. The Kier molecular flexibility index (Phi) is 7.23. The van der Waals surface area contributed by atoms with Gasteiger partial charge in [-0.1, -0.05) is 6.92 Å². The lowest BCUT2D eigenvalue weighted by Crippen LogP contribution is -2.47. The van der Waals surface area contributed by atoms with Crippen molar-refractivity contribution in [3.05, 3.63) is 29.8 Å². The molecule has 0 spiro atoms. The number of piperazine rings is 1. The smallest absolute Gasteiger partial charge is 0.260 e. The second-order valence-electron chi connectivity index (χ2n) is 6.85. The fourth-order valence-corrected chi connectivity index (χ4v) is 2.82. The summed E-state index contributed by atoms with van der Waals surface area (Å²) in [4.78, 5) is 17.0. The Hall–Kier alpha value is -2.10. The molecule has 0 aliphatic carbocycles. The summed E-state index contributed by atoms with van der Waals surface area (Å²) in [6.45, 7) is 9.93. The molecular formula is C19H28N4O2. The van der Waals surface area contributed by atoms with Crippen LogP contribution in [0.1, 0.15) is 19.4 Å². The zero-order valence-electron chi connectivity index (χ0n) is 15.4. The Morgan fingerprint density at radius 3 is 2.48 bits per heavy atom. The third-order valence-corrected chi connectivity index (χ3v) is 4.46. The van der Waals surface area contributed by atoms with Crippen molar-refractivity contribution in [1.82, 2.24) is 15.1 Å². The van der Waals surface area contributed by atoms with Crippen molar-refractivity contribution in [2.24, 2.45) is 5.92 Å². The van der Waals surface area contributed by atoms with Gasteiger partial charge < -0.3 is 19.9 Å². The maximum Gasteiger partial charge on any atom is 0.260 e. The molecule has 1 aromatic rings. The number of benzene rings is 1. The molecule has 0 aromatic heterocycles. The number of nitrogens with one attached hydrogen (secondary N) is 1. The molecule has 0 bridgehead atoms. The average Bonchev–Trinajstić information content (AvgIpc) is 2.62. The molecule has 6 heteroatoms. The zero-order chi connectivity index (χ0) is 18.2. The van der Waals surface area contributed by atoms with Crippen molar-refractivity contribution in [3.63, 3.8) is 0 Å². The fourth-order valence-electron chi connectivity index (χ4n) is 2.82. The van der Waals surface area contributed by atoms with Crippen LogP contribution >= 0.6 is 0 Å². The van der Waals surface area contributed by atoms with Crippen molar-refractivity contribution in [2.45, 2.75) is 20.0 Å². The predicted molar refractivity (Wildman–Crippen MR) is 97.4 cm³/mol. The summed E-state index contributed by atoms with van der Waals surface area (Å²) in [5.41, 5.74) is 0.571. The zero-order valence-corrected chi connectivity index (χ0v) is 15.4. The molecule has 1 aliphatic rings. The number of hydrogen-bond acceptors (Lipinski definition) is 5. The summed E-state index contributed by atoms with van der Waals surface area (Å²) in [6, 6.07) is 8.83. The van der Waals surface area contributed by atoms with E-state index in [0.717, 1.165) is 32.7 Å². The minimum atomic E-state index is -0.566. The van der Waals surface area contributed by atoms with Crippen LogP contribution in [0.25, 0.3) is 0 Å². The molecule has 0 saturated carbocycles. The molecule has 1 aromatic carbocycles. The normalized spacial score (nSPS) is 18.2. The lowest BCUT2D eigenvalue weighted by molar-refractivity contribution is -0.127. The van der Waals surface area contributed by atoms with Crippen LogP contribution in [0, 0.1) is 17.2 Å². The molecular weight excluding hydrogens is 316 g/mol. The van der Waals surface area contributed by atoms with Crippen molar-refractivity contribution in [3.8, 4) is 11.8 Å². The molecule has 1 aliphatic heterocycles. The van der Waals surface area contributed by atoms with Gasteiger partial charge in [-0.3, -0.25) is 4.79 Å². The number of ether oxygens (including phenoxy) is 1. The van der Waals surface area contributed by atoms with Crippen LogP contribution in [0.4, 0.5) is 0 Å². The van der Waals surface area contributed by atoms with E-state index in [4.69, 9.17) is 10.00 Å². The van der Waals surface area contributed by atoms with E-state index in [-0.39, 0.29) is 5.91 Å². The highest BCUT2D eigenvalue weighted by Gasteiger charge is 2.18. The molecule has 1 heterocycles. The molecule has 2 atom stereocenters. The highest BCUT2D eigenvalue weighted by Crippen LogP contribution is 2.13. The number of likely N-dealkylation sites (N-methyl/N-ethyl adjacent to an activating group) is 1. The minimum absolute atomic E-state index is 0.116. The summed E-state index contributed by atoms with van der Waals surface area (Å²) < 4.78 is 5.63. The number of amides is 1. The molecule has 2 rings (SSSR count). The molecule has 0 radical (unpaired) electrons. The highest BCUT2D eigenvalue weighted by molar-refractivity contribution is 5.80. The quantitative estimate of drug-likeness (QED) is 0.808. The number of rotatable bonds is 7. The van der Waals surface area contributed by atoms with Gasteiger partial charge in [-0.05, 0) is 44.2 Å². The number of nitrogens with zero attached hydrogens (tertiary/aromatic N) is 3. The Bertz CT molecular complexity index is 588. The Balaban J connectivity index is 1.70. The second-order valence-corrected chi connectivity index (χ2v) is 6.85. The molecule has 1 fully saturated rings. The first-order chi connectivity index (χ1) is 12.0. The summed E-state index contributed by atoms with van der Waals surface area (Å²) in [5, 5.41) is 11.8. The van der Waals surface area contributed by atoms with Gasteiger partial charge in [0.2, 0.25) is 0 Å². The third-order valence-electron chi connectivity index (χ3n) is 4.46. The number of carbonyl (C=O) groups is 1. The van der Waals surface area contributed by atoms with Gasteiger partial charge in [-0.2, -0.15) is 5.26 Å². The van der Waals surface area contributed by atoms with Gasteiger partial charge in [0.1, 0.15) is 5.75 Å². The van der Waals surface area contributed by atoms with Gasteiger partial charge in [0.05, 0.1) is 11.6 Å². The van der Waals surface area contributed by atoms with Crippen molar-refractivity contribution in [2.75, 3.05) is 46.3 Å². The predicted octanol–water partition coefficient (Wildman–Crippen LogP) is 1.33. The van der Waals surface area contributed by atoms with Crippen molar-refractivity contribution >= 4 is 5.91 Å². The lowest BCUT2D eigenvalue weighted by Gasteiger charge is -2.34. The van der Waals surface area contributed by atoms with Crippen molar-refractivity contribution < 1.29 is 9.53 Å². The maximum absolute atomic E-state index is 12.2. The summed E-state index contributed by atoms with van der Waals surface area (Å²) in [7, 11) is 2.15. The van der Waals surface area contributed by atoms with E-state index < -0.39 is 6.10 Å². The van der Waals surface area contributed by atoms with E-state index in [0.29, 0.717) is 23.8 Å². The SMILES string of the molecule is CC(CNC(=O)C(C)Oc1ccc(C#N)cc1)CN1CCN(C)CC1. The van der Waals surface area contributed by atoms with Gasteiger partial charge >= 0.3 is 0 Å². The second kappa shape index (κ2) is 9.40. The van der Waals surface area contributed by atoms with E-state index in [1.165, 1.54) is 0 Å². The van der Waals surface area contributed by atoms with Crippen LogP contribution in [0.15, 0.2) is 24.3 Å². The van der Waals surface area contributed by atoms with Gasteiger partial charge in [-0.15, -0.1) is 0 Å². The van der Waals surface area contributed by atoms with Crippen LogP contribution in [0.2, 0.25) is 0 Å². The largest absolute Gasteiger partial charge is 0.481 e. The monoisotopic (exact) mass is 344 g/mol. The van der Waals surface area contributed by atoms with Gasteiger partial charge in [-0.25, -0.2) is 0 Å². The molecule has 1 N–H and O–H groups in total. The maximum atomic E-state index is 12.2. The van der Waals surface area contributed by atoms with E-state index in [9.17, 15) is 4.79 Å². The first-order valence-electron chi connectivity index (χ1n) is 8.83.